The standard InChI is InChI=1S/C18H27Br/c1-3-4-5-15-8-12-17(13-9-15)18(19)16-10-6-14(2)7-11-16/h6-7,10-11,15,17-18H,3-5,8-9,12-13H2,1-2H3. The van der Waals surface area contributed by atoms with E-state index in [1.807, 2.05) is 0 Å². The molecule has 1 fully saturated rings. The second-order valence-corrected chi connectivity index (χ2v) is 7.22. The van der Waals surface area contributed by atoms with Crippen molar-refractivity contribution in [2.75, 3.05) is 0 Å². The van der Waals surface area contributed by atoms with Crippen LogP contribution in [0.3, 0.4) is 0 Å². The van der Waals surface area contributed by atoms with Gasteiger partial charge in [0.1, 0.15) is 0 Å². The zero-order valence-electron chi connectivity index (χ0n) is 12.4. The van der Waals surface area contributed by atoms with Gasteiger partial charge in [-0.1, -0.05) is 84.8 Å². The molecule has 0 bridgehead atoms. The molecule has 0 spiro atoms. The van der Waals surface area contributed by atoms with E-state index in [0.717, 1.165) is 11.8 Å². The lowest BCUT2D eigenvalue weighted by Crippen LogP contribution is -2.18. The van der Waals surface area contributed by atoms with Gasteiger partial charge in [-0.2, -0.15) is 0 Å². The lowest BCUT2D eigenvalue weighted by atomic mass is 9.77. The first-order valence-corrected chi connectivity index (χ1v) is 8.83. The quantitative estimate of drug-likeness (QED) is 0.548. The van der Waals surface area contributed by atoms with Crippen LogP contribution in [0, 0.1) is 18.8 Å². The topological polar surface area (TPSA) is 0 Å². The Hall–Kier alpha value is -0.300. The minimum atomic E-state index is 0.556. The number of alkyl halides is 1. The van der Waals surface area contributed by atoms with Gasteiger partial charge in [0.25, 0.3) is 0 Å². The summed E-state index contributed by atoms with van der Waals surface area (Å²) in [5.74, 6) is 1.84. The summed E-state index contributed by atoms with van der Waals surface area (Å²) in [5.41, 5.74) is 2.81. The van der Waals surface area contributed by atoms with Gasteiger partial charge in [-0.3, -0.25) is 0 Å². The van der Waals surface area contributed by atoms with Gasteiger partial charge in [-0.05, 0) is 37.2 Å². The summed E-state index contributed by atoms with van der Waals surface area (Å²) in [6.45, 7) is 4.46. The van der Waals surface area contributed by atoms with E-state index in [0.29, 0.717) is 4.83 Å². The second kappa shape index (κ2) is 7.47. The summed E-state index contributed by atoms with van der Waals surface area (Å²) in [5, 5.41) is 0. The first-order chi connectivity index (χ1) is 9.20. The number of benzene rings is 1. The smallest absolute Gasteiger partial charge is 0.0423 e. The number of hydrogen-bond donors (Lipinski definition) is 0. The van der Waals surface area contributed by atoms with Crippen LogP contribution in [0.15, 0.2) is 24.3 Å². The monoisotopic (exact) mass is 322 g/mol. The van der Waals surface area contributed by atoms with Crippen LogP contribution in [0.25, 0.3) is 0 Å². The summed E-state index contributed by atoms with van der Waals surface area (Å²) in [6.07, 6.45) is 9.92. The van der Waals surface area contributed by atoms with E-state index in [-0.39, 0.29) is 0 Å². The van der Waals surface area contributed by atoms with Crippen LogP contribution in [-0.2, 0) is 0 Å². The fraction of sp³-hybridized carbons (Fsp3) is 0.667. The highest BCUT2D eigenvalue weighted by Gasteiger charge is 2.26. The third kappa shape index (κ3) is 4.34. The van der Waals surface area contributed by atoms with E-state index >= 15 is 0 Å². The largest absolute Gasteiger partial charge is 0.0836 e. The fourth-order valence-corrected chi connectivity index (χ4v) is 4.12. The van der Waals surface area contributed by atoms with Gasteiger partial charge in [0.2, 0.25) is 0 Å². The zero-order chi connectivity index (χ0) is 13.7. The average molecular weight is 323 g/mol. The van der Waals surface area contributed by atoms with Crippen molar-refractivity contribution in [1.29, 1.82) is 0 Å². The maximum absolute atomic E-state index is 3.94. The maximum Gasteiger partial charge on any atom is 0.0423 e. The van der Waals surface area contributed by atoms with Crippen molar-refractivity contribution < 1.29 is 0 Å². The number of hydrogen-bond acceptors (Lipinski definition) is 0. The molecule has 1 unspecified atom stereocenters. The third-order valence-electron chi connectivity index (χ3n) is 4.67. The molecule has 0 amide bonds. The molecule has 0 aliphatic heterocycles. The van der Waals surface area contributed by atoms with E-state index < -0.39 is 0 Å². The third-order valence-corrected chi connectivity index (χ3v) is 5.94. The van der Waals surface area contributed by atoms with Crippen molar-refractivity contribution in [2.24, 2.45) is 11.8 Å². The molecular weight excluding hydrogens is 296 g/mol. The highest BCUT2D eigenvalue weighted by molar-refractivity contribution is 9.09. The predicted molar refractivity (Wildman–Crippen MR) is 87.8 cm³/mol. The molecule has 0 saturated heterocycles. The van der Waals surface area contributed by atoms with Crippen LogP contribution < -0.4 is 0 Å². The van der Waals surface area contributed by atoms with Crippen molar-refractivity contribution in [1.82, 2.24) is 0 Å². The first-order valence-electron chi connectivity index (χ1n) is 7.91. The van der Waals surface area contributed by atoms with Crippen LogP contribution in [0.2, 0.25) is 0 Å². The zero-order valence-corrected chi connectivity index (χ0v) is 14.0. The SMILES string of the molecule is CCCCC1CCC(C(Br)c2ccc(C)cc2)CC1. The Morgan fingerprint density at radius 2 is 1.74 bits per heavy atom. The molecule has 19 heavy (non-hydrogen) atoms. The highest BCUT2D eigenvalue weighted by Crippen LogP contribution is 2.42. The highest BCUT2D eigenvalue weighted by atomic mass is 79.9. The summed E-state index contributed by atoms with van der Waals surface area (Å²) >= 11 is 3.94. The van der Waals surface area contributed by atoms with Crippen LogP contribution >= 0.6 is 15.9 Å². The number of rotatable bonds is 5. The fourth-order valence-electron chi connectivity index (χ4n) is 3.28. The molecule has 1 saturated carbocycles. The lowest BCUT2D eigenvalue weighted by Gasteiger charge is -2.31. The molecule has 1 aromatic rings. The Morgan fingerprint density at radius 1 is 1.11 bits per heavy atom. The first kappa shape index (κ1) is 15.1. The molecule has 0 aromatic heterocycles. The van der Waals surface area contributed by atoms with E-state index in [1.165, 1.54) is 56.1 Å². The lowest BCUT2D eigenvalue weighted by molar-refractivity contribution is 0.257. The van der Waals surface area contributed by atoms with Gasteiger partial charge in [-0.25, -0.2) is 0 Å². The Balaban J connectivity index is 1.85. The van der Waals surface area contributed by atoms with Crippen molar-refractivity contribution in [3.8, 4) is 0 Å². The summed E-state index contributed by atoms with van der Waals surface area (Å²) < 4.78 is 0. The van der Waals surface area contributed by atoms with Gasteiger partial charge < -0.3 is 0 Å². The second-order valence-electron chi connectivity index (χ2n) is 6.24. The van der Waals surface area contributed by atoms with Crippen molar-refractivity contribution >= 4 is 15.9 Å². The van der Waals surface area contributed by atoms with Crippen molar-refractivity contribution in [3.05, 3.63) is 35.4 Å². The molecule has 1 aromatic carbocycles. The van der Waals surface area contributed by atoms with E-state index in [2.05, 4.69) is 54.0 Å². The van der Waals surface area contributed by atoms with E-state index in [1.54, 1.807) is 0 Å². The number of halogens is 1. The summed E-state index contributed by atoms with van der Waals surface area (Å²) in [6, 6.07) is 9.04. The number of unbranched alkanes of at least 4 members (excludes halogenated alkanes) is 1. The molecule has 1 aliphatic rings. The van der Waals surface area contributed by atoms with E-state index in [4.69, 9.17) is 0 Å². The summed E-state index contributed by atoms with van der Waals surface area (Å²) in [7, 11) is 0. The van der Waals surface area contributed by atoms with Crippen LogP contribution in [0.1, 0.15) is 67.8 Å². The molecule has 1 atom stereocenters. The van der Waals surface area contributed by atoms with Crippen molar-refractivity contribution in [3.63, 3.8) is 0 Å². The normalized spacial score (nSPS) is 25.2. The molecule has 0 N–H and O–H groups in total. The minimum absolute atomic E-state index is 0.556. The number of aryl methyl sites for hydroxylation is 1. The molecule has 1 aliphatic carbocycles. The molecular formula is C18H27Br. The van der Waals surface area contributed by atoms with Crippen LogP contribution in [0.4, 0.5) is 0 Å². The average Bonchev–Trinajstić information content (AvgIpc) is 2.46. The van der Waals surface area contributed by atoms with Crippen molar-refractivity contribution in [2.45, 2.75) is 63.6 Å². The van der Waals surface area contributed by atoms with Gasteiger partial charge in [0.05, 0.1) is 0 Å². The van der Waals surface area contributed by atoms with Gasteiger partial charge >= 0.3 is 0 Å². The Labute approximate surface area is 127 Å². The Bertz CT molecular complexity index is 360. The Morgan fingerprint density at radius 3 is 2.32 bits per heavy atom. The predicted octanol–water partition coefficient (Wildman–Crippen LogP) is 6.43. The van der Waals surface area contributed by atoms with Gasteiger partial charge in [0, 0.05) is 4.83 Å². The molecule has 106 valence electrons. The molecule has 0 radical (unpaired) electrons. The molecule has 0 nitrogen and oxygen atoms in total. The summed E-state index contributed by atoms with van der Waals surface area (Å²) in [4.78, 5) is 0.556. The Kier molecular flexibility index (Phi) is 5.94. The van der Waals surface area contributed by atoms with E-state index in [9.17, 15) is 0 Å². The van der Waals surface area contributed by atoms with Crippen LogP contribution in [0.5, 0.6) is 0 Å². The van der Waals surface area contributed by atoms with Gasteiger partial charge in [0.15, 0.2) is 0 Å². The van der Waals surface area contributed by atoms with Gasteiger partial charge in [-0.15, -0.1) is 0 Å². The molecule has 0 heterocycles. The minimum Gasteiger partial charge on any atom is -0.0836 e. The van der Waals surface area contributed by atoms with Crippen LogP contribution in [-0.4, -0.2) is 0 Å². The molecule has 1 heteroatoms. The molecule has 2 rings (SSSR count). The maximum atomic E-state index is 3.94.